The number of halogens is 1. The monoisotopic (exact) mass is 158 g/mol. The lowest BCUT2D eigenvalue weighted by atomic mass is 10.3. The van der Waals surface area contributed by atoms with Crippen LogP contribution in [0.3, 0.4) is 0 Å². The maximum atomic E-state index is 8.99. The maximum absolute atomic E-state index is 8.99. The van der Waals surface area contributed by atoms with Crippen molar-refractivity contribution in [3.05, 3.63) is 23.0 Å². The van der Waals surface area contributed by atoms with Gasteiger partial charge in [-0.1, -0.05) is 11.6 Å². The predicted molar refractivity (Wildman–Crippen MR) is 37.7 cm³/mol. The normalized spacial score (nSPS) is 13.1. The van der Waals surface area contributed by atoms with Crippen molar-refractivity contribution in [3.8, 4) is 0 Å². The third-order valence-corrected chi connectivity index (χ3v) is 1.27. The Balaban J connectivity index is 2.96. The van der Waals surface area contributed by atoms with Crippen LogP contribution in [0.5, 0.6) is 0 Å². The molecule has 10 heavy (non-hydrogen) atoms. The average molecular weight is 159 g/mol. The number of hydrogen-bond donors (Lipinski definition) is 1. The van der Waals surface area contributed by atoms with Crippen LogP contribution in [0, 0.1) is 0 Å². The minimum absolute atomic E-state index is 0.492. The van der Waals surface area contributed by atoms with Gasteiger partial charge in [0.2, 0.25) is 0 Å². The fraction of sp³-hybridized carbons (Fsp3) is 0.333. The van der Waals surface area contributed by atoms with Gasteiger partial charge in [-0.3, -0.25) is 0 Å². The smallest absolute Gasteiger partial charge is 0.0951 e. The Labute approximate surface area is 63.7 Å². The number of aliphatic hydroxyl groups excluding tert-OH is 1. The molecule has 0 aliphatic rings. The Morgan fingerprint density at radius 2 is 2.40 bits per heavy atom. The molecule has 4 heteroatoms. The highest BCUT2D eigenvalue weighted by molar-refractivity contribution is 6.30. The van der Waals surface area contributed by atoms with E-state index in [-0.39, 0.29) is 0 Å². The molecule has 1 unspecified atom stereocenters. The van der Waals surface area contributed by atoms with Crippen molar-refractivity contribution in [3.63, 3.8) is 0 Å². The van der Waals surface area contributed by atoms with Gasteiger partial charge in [0.15, 0.2) is 0 Å². The second kappa shape index (κ2) is 2.94. The molecule has 0 fully saturated rings. The summed E-state index contributed by atoms with van der Waals surface area (Å²) in [6.07, 6.45) is 0.819. The summed E-state index contributed by atoms with van der Waals surface area (Å²) in [5, 5.41) is 16.7. The molecule has 0 saturated heterocycles. The Morgan fingerprint density at radius 1 is 1.70 bits per heavy atom. The summed E-state index contributed by atoms with van der Waals surface area (Å²) < 4.78 is 0. The first-order valence-corrected chi connectivity index (χ1v) is 3.24. The number of aromatic nitrogens is 2. The quantitative estimate of drug-likeness (QED) is 0.668. The van der Waals surface area contributed by atoms with Crippen LogP contribution in [0.1, 0.15) is 18.7 Å². The molecule has 1 aromatic heterocycles. The number of nitrogens with zero attached hydrogens (tertiary/aromatic N) is 2. The van der Waals surface area contributed by atoms with E-state index in [1.165, 1.54) is 6.20 Å². The fourth-order valence-electron chi connectivity index (χ4n) is 0.562. The van der Waals surface area contributed by atoms with Gasteiger partial charge in [0.1, 0.15) is 0 Å². The molecule has 3 nitrogen and oxygen atoms in total. The zero-order valence-electron chi connectivity index (χ0n) is 5.45. The van der Waals surface area contributed by atoms with Crippen LogP contribution in [0.25, 0.3) is 0 Å². The number of rotatable bonds is 1. The minimum Gasteiger partial charge on any atom is -0.387 e. The van der Waals surface area contributed by atoms with E-state index in [0.29, 0.717) is 10.7 Å². The van der Waals surface area contributed by atoms with E-state index in [1.54, 1.807) is 13.0 Å². The highest BCUT2D eigenvalue weighted by Gasteiger charge is 2.01. The van der Waals surface area contributed by atoms with Crippen LogP contribution in [-0.4, -0.2) is 15.3 Å². The standard InChI is InChI=1S/C6H7ClN2O/c1-4(10)6-2-5(7)3-8-9-6/h2-4,10H,1H3. The highest BCUT2D eigenvalue weighted by atomic mass is 35.5. The Bertz CT molecular complexity index is 227. The lowest BCUT2D eigenvalue weighted by Crippen LogP contribution is -1.96. The number of hydrogen-bond acceptors (Lipinski definition) is 3. The molecule has 1 heterocycles. The molecule has 1 aromatic rings. The highest BCUT2D eigenvalue weighted by Crippen LogP contribution is 2.11. The second-order valence-electron chi connectivity index (χ2n) is 1.97. The molecule has 1 N–H and O–H groups in total. The van der Waals surface area contributed by atoms with Crippen molar-refractivity contribution in [1.29, 1.82) is 0 Å². The first-order chi connectivity index (χ1) is 4.70. The van der Waals surface area contributed by atoms with Gasteiger partial charge < -0.3 is 5.11 Å². The van der Waals surface area contributed by atoms with Gasteiger partial charge in [0, 0.05) is 0 Å². The molecule has 0 amide bonds. The summed E-state index contributed by atoms with van der Waals surface area (Å²) in [6.45, 7) is 1.61. The molecule has 0 aliphatic carbocycles. The summed E-state index contributed by atoms with van der Waals surface area (Å²) in [5.74, 6) is 0. The van der Waals surface area contributed by atoms with Gasteiger partial charge in [0.05, 0.1) is 23.0 Å². The van der Waals surface area contributed by atoms with E-state index in [0.717, 1.165) is 0 Å². The van der Waals surface area contributed by atoms with E-state index in [9.17, 15) is 0 Å². The average Bonchev–Trinajstić information content (AvgIpc) is 1.88. The van der Waals surface area contributed by atoms with Crippen LogP contribution in [0.15, 0.2) is 12.3 Å². The first-order valence-electron chi connectivity index (χ1n) is 2.86. The molecule has 1 atom stereocenters. The molecule has 0 aliphatic heterocycles. The molecule has 0 radical (unpaired) electrons. The minimum atomic E-state index is -0.605. The molecule has 0 saturated carbocycles. The summed E-state index contributed by atoms with van der Waals surface area (Å²) >= 11 is 5.58. The fourth-order valence-corrected chi connectivity index (χ4v) is 0.718. The molecule has 0 aromatic carbocycles. The molecular formula is C6H7ClN2O. The molecule has 1 rings (SSSR count). The van der Waals surface area contributed by atoms with Gasteiger partial charge in [-0.15, -0.1) is 0 Å². The van der Waals surface area contributed by atoms with Gasteiger partial charge in [-0.2, -0.15) is 10.2 Å². The Hall–Kier alpha value is -0.670. The largest absolute Gasteiger partial charge is 0.387 e. The molecule has 54 valence electrons. The van der Waals surface area contributed by atoms with Gasteiger partial charge in [-0.05, 0) is 13.0 Å². The lowest BCUT2D eigenvalue weighted by Gasteiger charge is -2.00. The van der Waals surface area contributed by atoms with Crippen LogP contribution in [0.4, 0.5) is 0 Å². The van der Waals surface area contributed by atoms with Crippen LogP contribution in [-0.2, 0) is 0 Å². The van der Waals surface area contributed by atoms with Crippen molar-refractivity contribution in [2.24, 2.45) is 0 Å². The molecule has 0 spiro atoms. The summed E-state index contributed by atoms with van der Waals surface area (Å²) in [5.41, 5.74) is 0.493. The lowest BCUT2D eigenvalue weighted by molar-refractivity contribution is 0.193. The van der Waals surface area contributed by atoms with E-state index < -0.39 is 6.10 Å². The van der Waals surface area contributed by atoms with Crippen LogP contribution < -0.4 is 0 Å². The first kappa shape index (κ1) is 7.44. The Kier molecular flexibility index (Phi) is 2.19. The second-order valence-corrected chi connectivity index (χ2v) is 2.41. The van der Waals surface area contributed by atoms with Crippen molar-refractivity contribution in [2.45, 2.75) is 13.0 Å². The van der Waals surface area contributed by atoms with Gasteiger partial charge in [0.25, 0.3) is 0 Å². The third kappa shape index (κ3) is 1.65. The SMILES string of the molecule is CC(O)c1cc(Cl)cnn1. The Morgan fingerprint density at radius 3 is 2.80 bits per heavy atom. The summed E-state index contributed by atoms with van der Waals surface area (Å²) in [6, 6.07) is 1.58. The predicted octanol–water partition coefficient (Wildman–Crippen LogP) is 1.18. The van der Waals surface area contributed by atoms with E-state index in [1.807, 2.05) is 0 Å². The summed E-state index contributed by atoms with van der Waals surface area (Å²) in [4.78, 5) is 0. The molecular weight excluding hydrogens is 152 g/mol. The van der Waals surface area contributed by atoms with Crippen molar-refractivity contribution >= 4 is 11.6 Å². The zero-order valence-corrected chi connectivity index (χ0v) is 6.21. The molecule has 0 bridgehead atoms. The summed E-state index contributed by atoms with van der Waals surface area (Å²) in [7, 11) is 0. The topological polar surface area (TPSA) is 46.0 Å². The van der Waals surface area contributed by atoms with E-state index in [4.69, 9.17) is 16.7 Å². The maximum Gasteiger partial charge on any atom is 0.0951 e. The van der Waals surface area contributed by atoms with Crippen LogP contribution >= 0.6 is 11.6 Å². The van der Waals surface area contributed by atoms with Gasteiger partial charge >= 0.3 is 0 Å². The van der Waals surface area contributed by atoms with Gasteiger partial charge in [-0.25, -0.2) is 0 Å². The number of aliphatic hydroxyl groups is 1. The zero-order chi connectivity index (χ0) is 7.56. The van der Waals surface area contributed by atoms with Crippen molar-refractivity contribution < 1.29 is 5.11 Å². The third-order valence-electron chi connectivity index (χ3n) is 1.07. The van der Waals surface area contributed by atoms with Crippen molar-refractivity contribution in [2.75, 3.05) is 0 Å². The van der Waals surface area contributed by atoms with E-state index in [2.05, 4.69) is 10.2 Å². The van der Waals surface area contributed by atoms with Crippen molar-refractivity contribution in [1.82, 2.24) is 10.2 Å². The van der Waals surface area contributed by atoms with Crippen LogP contribution in [0.2, 0.25) is 5.02 Å². The van der Waals surface area contributed by atoms with E-state index >= 15 is 0 Å².